The molecular formula is C24H24N2O3S. The van der Waals surface area contributed by atoms with Crippen LogP contribution >= 0.6 is 11.8 Å². The highest BCUT2D eigenvalue weighted by Crippen LogP contribution is 2.36. The number of methoxy groups -OCH3 is 1. The lowest BCUT2D eigenvalue weighted by Crippen LogP contribution is -2.37. The maximum atomic E-state index is 13.2. The lowest BCUT2D eigenvalue weighted by molar-refractivity contribution is -0.132. The molecule has 0 heterocycles. The fourth-order valence-electron chi connectivity index (χ4n) is 2.92. The first kappa shape index (κ1) is 21.5. The predicted molar refractivity (Wildman–Crippen MR) is 121 cm³/mol. The molecule has 0 aliphatic rings. The number of anilines is 1. The van der Waals surface area contributed by atoms with Gasteiger partial charge in [-0.2, -0.15) is 0 Å². The Morgan fingerprint density at radius 2 is 1.63 bits per heavy atom. The fourth-order valence-corrected chi connectivity index (χ4v) is 4.08. The van der Waals surface area contributed by atoms with E-state index in [1.165, 1.54) is 16.7 Å². The van der Waals surface area contributed by atoms with Crippen LogP contribution in [0.5, 0.6) is 5.75 Å². The summed E-state index contributed by atoms with van der Waals surface area (Å²) in [6.07, 6.45) is 0. The molecule has 154 valence electrons. The Hall–Kier alpha value is -3.25. The van der Waals surface area contributed by atoms with Crippen LogP contribution in [-0.2, 0) is 9.59 Å². The average molecular weight is 421 g/mol. The number of thioether (sulfide) groups is 1. The molecule has 0 radical (unpaired) electrons. The summed E-state index contributed by atoms with van der Waals surface area (Å²) < 4.78 is 5.17. The van der Waals surface area contributed by atoms with Crippen molar-refractivity contribution in [3.05, 3.63) is 90.5 Å². The molecule has 1 atom stereocenters. The number of benzene rings is 3. The molecule has 0 aromatic heterocycles. The maximum absolute atomic E-state index is 13.2. The first-order chi connectivity index (χ1) is 14.6. The van der Waals surface area contributed by atoms with Crippen molar-refractivity contribution in [1.29, 1.82) is 0 Å². The molecule has 0 aliphatic heterocycles. The molecule has 0 bridgehead atoms. The Bertz CT molecular complexity index is 980. The quantitative estimate of drug-likeness (QED) is 0.540. The van der Waals surface area contributed by atoms with Gasteiger partial charge in [-0.3, -0.25) is 9.59 Å². The summed E-state index contributed by atoms with van der Waals surface area (Å²) in [7, 11) is 3.22. The maximum Gasteiger partial charge on any atom is 0.243 e. The van der Waals surface area contributed by atoms with Gasteiger partial charge >= 0.3 is 0 Å². The van der Waals surface area contributed by atoms with E-state index in [0.717, 1.165) is 10.5 Å². The highest BCUT2D eigenvalue weighted by atomic mass is 32.2. The second-order valence-corrected chi connectivity index (χ2v) is 7.87. The molecule has 2 amide bonds. The van der Waals surface area contributed by atoms with E-state index >= 15 is 0 Å². The van der Waals surface area contributed by atoms with Crippen molar-refractivity contribution in [1.82, 2.24) is 4.90 Å². The van der Waals surface area contributed by atoms with Gasteiger partial charge < -0.3 is 15.0 Å². The number of nitrogens with zero attached hydrogens (tertiary/aromatic N) is 1. The number of hydrogen-bond acceptors (Lipinski definition) is 4. The number of nitrogens with one attached hydrogen (secondary N) is 1. The van der Waals surface area contributed by atoms with E-state index in [0.29, 0.717) is 11.4 Å². The van der Waals surface area contributed by atoms with Gasteiger partial charge in [0.2, 0.25) is 11.8 Å². The molecule has 3 aromatic carbocycles. The topological polar surface area (TPSA) is 58.6 Å². The first-order valence-electron chi connectivity index (χ1n) is 9.52. The van der Waals surface area contributed by atoms with Gasteiger partial charge in [0.05, 0.1) is 13.7 Å². The van der Waals surface area contributed by atoms with Crippen molar-refractivity contribution < 1.29 is 14.3 Å². The molecule has 30 heavy (non-hydrogen) atoms. The van der Waals surface area contributed by atoms with Crippen LogP contribution in [0.3, 0.4) is 0 Å². The number of ether oxygens (including phenoxy) is 1. The highest BCUT2D eigenvalue weighted by molar-refractivity contribution is 8.00. The Labute approximate surface area is 181 Å². The standard InChI is InChI=1S/C24H24N2O3S/c1-26(17-22(27)25-19-12-9-13-20(16-19)29-2)24(28)23(18-10-5-3-6-11-18)30-21-14-7-4-8-15-21/h3-16,23H,17H2,1-2H3,(H,25,27)/t23-/m0/s1. The normalized spacial score (nSPS) is 11.4. The molecule has 3 aromatic rings. The van der Waals surface area contributed by atoms with Crippen LogP contribution in [0.1, 0.15) is 10.8 Å². The summed E-state index contributed by atoms with van der Waals surface area (Å²) >= 11 is 1.47. The summed E-state index contributed by atoms with van der Waals surface area (Å²) in [6, 6.07) is 26.5. The zero-order chi connectivity index (χ0) is 21.3. The third-order valence-electron chi connectivity index (χ3n) is 4.43. The fraction of sp³-hybridized carbons (Fsp3) is 0.167. The Balaban J connectivity index is 1.70. The molecule has 3 rings (SSSR count). The smallest absolute Gasteiger partial charge is 0.243 e. The summed E-state index contributed by atoms with van der Waals surface area (Å²) in [4.78, 5) is 28.2. The molecular weight excluding hydrogens is 396 g/mol. The number of likely N-dealkylation sites (N-methyl/N-ethyl adjacent to an activating group) is 1. The summed E-state index contributed by atoms with van der Waals surface area (Å²) in [6.45, 7) is -0.0469. The molecule has 0 unspecified atom stereocenters. The molecule has 0 aliphatic carbocycles. The number of hydrogen-bond donors (Lipinski definition) is 1. The Kier molecular flexibility index (Phi) is 7.51. The van der Waals surface area contributed by atoms with E-state index in [1.807, 2.05) is 60.7 Å². The van der Waals surface area contributed by atoms with E-state index in [-0.39, 0.29) is 18.4 Å². The van der Waals surface area contributed by atoms with Crippen molar-refractivity contribution in [2.45, 2.75) is 10.1 Å². The molecule has 1 N–H and O–H groups in total. The predicted octanol–water partition coefficient (Wildman–Crippen LogP) is 4.63. The van der Waals surface area contributed by atoms with Gasteiger partial charge in [-0.1, -0.05) is 54.6 Å². The van der Waals surface area contributed by atoms with E-state index in [2.05, 4.69) is 5.32 Å². The molecule has 6 heteroatoms. The van der Waals surface area contributed by atoms with Gasteiger partial charge in [0.15, 0.2) is 0 Å². The number of amides is 2. The Morgan fingerprint density at radius 1 is 0.967 bits per heavy atom. The summed E-state index contributed by atoms with van der Waals surface area (Å²) in [5, 5.41) is 2.37. The summed E-state index contributed by atoms with van der Waals surface area (Å²) in [5.74, 6) is 0.257. The second kappa shape index (κ2) is 10.5. The van der Waals surface area contributed by atoms with Crippen molar-refractivity contribution in [2.75, 3.05) is 26.0 Å². The molecule has 0 spiro atoms. The molecule has 0 fully saturated rings. The van der Waals surface area contributed by atoms with Crippen LogP contribution in [0.4, 0.5) is 5.69 Å². The van der Waals surface area contributed by atoms with Gasteiger partial charge in [-0.25, -0.2) is 0 Å². The summed E-state index contributed by atoms with van der Waals surface area (Å²) in [5.41, 5.74) is 1.52. The van der Waals surface area contributed by atoms with E-state index < -0.39 is 5.25 Å². The zero-order valence-electron chi connectivity index (χ0n) is 16.9. The number of carbonyl (C=O) groups excluding carboxylic acids is 2. The van der Waals surface area contributed by atoms with Crippen LogP contribution in [0.2, 0.25) is 0 Å². The first-order valence-corrected chi connectivity index (χ1v) is 10.4. The van der Waals surface area contributed by atoms with E-state index in [4.69, 9.17) is 4.74 Å². The third kappa shape index (κ3) is 5.87. The number of carbonyl (C=O) groups is 2. The zero-order valence-corrected chi connectivity index (χ0v) is 17.8. The lowest BCUT2D eigenvalue weighted by atomic mass is 10.1. The molecule has 0 saturated heterocycles. The van der Waals surface area contributed by atoms with Crippen molar-refractivity contribution in [2.24, 2.45) is 0 Å². The minimum atomic E-state index is -0.441. The van der Waals surface area contributed by atoms with Crippen LogP contribution in [0, 0.1) is 0 Å². The van der Waals surface area contributed by atoms with Gasteiger partial charge in [-0.15, -0.1) is 11.8 Å². The van der Waals surface area contributed by atoms with Crippen LogP contribution in [0.15, 0.2) is 89.8 Å². The Morgan fingerprint density at radius 3 is 2.30 bits per heavy atom. The monoisotopic (exact) mass is 420 g/mol. The van der Waals surface area contributed by atoms with Crippen LogP contribution in [0.25, 0.3) is 0 Å². The van der Waals surface area contributed by atoms with Crippen molar-refractivity contribution >= 4 is 29.3 Å². The second-order valence-electron chi connectivity index (χ2n) is 6.70. The third-order valence-corrected chi connectivity index (χ3v) is 5.69. The minimum Gasteiger partial charge on any atom is -0.497 e. The van der Waals surface area contributed by atoms with Crippen molar-refractivity contribution in [3.63, 3.8) is 0 Å². The van der Waals surface area contributed by atoms with E-state index in [1.54, 1.807) is 38.4 Å². The van der Waals surface area contributed by atoms with Crippen LogP contribution < -0.4 is 10.1 Å². The van der Waals surface area contributed by atoms with Gasteiger partial charge in [-0.05, 0) is 29.8 Å². The SMILES string of the molecule is COc1cccc(NC(=O)CN(C)C(=O)[C@@H](Sc2ccccc2)c2ccccc2)c1. The van der Waals surface area contributed by atoms with Crippen LogP contribution in [-0.4, -0.2) is 37.4 Å². The van der Waals surface area contributed by atoms with Gasteiger partial charge in [0.25, 0.3) is 0 Å². The van der Waals surface area contributed by atoms with Gasteiger partial charge in [0.1, 0.15) is 11.0 Å². The highest BCUT2D eigenvalue weighted by Gasteiger charge is 2.26. The lowest BCUT2D eigenvalue weighted by Gasteiger charge is -2.23. The van der Waals surface area contributed by atoms with Crippen molar-refractivity contribution in [3.8, 4) is 5.75 Å². The largest absolute Gasteiger partial charge is 0.497 e. The average Bonchev–Trinajstić information content (AvgIpc) is 2.78. The molecule has 5 nitrogen and oxygen atoms in total. The minimum absolute atomic E-state index is 0.0469. The van der Waals surface area contributed by atoms with E-state index in [9.17, 15) is 9.59 Å². The van der Waals surface area contributed by atoms with Gasteiger partial charge in [0, 0.05) is 23.7 Å². The number of rotatable bonds is 8. The molecule has 0 saturated carbocycles.